The average molecular weight is 446 g/mol. The van der Waals surface area contributed by atoms with Gasteiger partial charge in [0.15, 0.2) is 0 Å². The number of hydrogen-bond acceptors (Lipinski definition) is 3. The number of imidazole rings is 1. The molecule has 0 radical (unpaired) electrons. The number of nitrogens with zero attached hydrogens (tertiary/aromatic N) is 4. The molecule has 0 N–H and O–H groups in total. The first-order valence-electron chi connectivity index (χ1n) is 8.71. The van der Waals surface area contributed by atoms with Crippen LogP contribution in [0.15, 0.2) is 65.4 Å². The van der Waals surface area contributed by atoms with E-state index in [-0.39, 0.29) is 5.91 Å². The molecule has 0 saturated carbocycles. The Kier molecular flexibility index (Phi) is 5.18. The van der Waals surface area contributed by atoms with Gasteiger partial charge in [0, 0.05) is 59.3 Å². The molecular weight excluding hydrogens is 428 g/mol. The van der Waals surface area contributed by atoms with Gasteiger partial charge >= 0.3 is 0 Å². The van der Waals surface area contributed by atoms with Crippen molar-refractivity contribution in [3.8, 4) is 5.69 Å². The average Bonchev–Trinajstić information content (AvgIpc) is 3.17. The van der Waals surface area contributed by atoms with Crippen molar-refractivity contribution in [3.63, 3.8) is 0 Å². The second-order valence-electron chi connectivity index (χ2n) is 6.37. The Bertz CT molecular complexity index is 966. The van der Waals surface area contributed by atoms with Gasteiger partial charge in [-0.05, 0) is 36.4 Å². The SMILES string of the molecule is O=C(c1cccc(Br)c1)N1CCN(c2nccn2-c2cccc(Cl)c2)CC1. The minimum absolute atomic E-state index is 0.0640. The van der Waals surface area contributed by atoms with Crippen molar-refractivity contribution in [2.75, 3.05) is 31.1 Å². The van der Waals surface area contributed by atoms with E-state index in [1.807, 2.05) is 64.2 Å². The van der Waals surface area contributed by atoms with Crippen LogP contribution in [0.1, 0.15) is 10.4 Å². The van der Waals surface area contributed by atoms with E-state index in [1.54, 1.807) is 6.20 Å². The van der Waals surface area contributed by atoms with Crippen LogP contribution in [0.4, 0.5) is 5.95 Å². The highest BCUT2D eigenvalue weighted by Gasteiger charge is 2.24. The summed E-state index contributed by atoms with van der Waals surface area (Å²) in [6, 6.07) is 15.2. The van der Waals surface area contributed by atoms with Crippen molar-refractivity contribution in [1.29, 1.82) is 0 Å². The highest BCUT2D eigenvalue weighted by atomic mass is 79.9. The van der Waals surface area contributed by atoms with E-state index in [0.29, 0.717) is 23.7 Å². The molecule has 4 rings (SSSR count). The first-order chi connectivity index (χ1) is 13.1. The summed E-state index contributed by atoms with van der Waals surface area (Å²) in [5.41, 5.74) is 1.68. The molecular formula is C20H18BrClN4O. The number of hydrogen-bond donors (Lipinski definition) is 0. The molecule has 2 heterocycles. The number of rotatable bonds is 3. The molecule has 7 heteroatoms. The molecule has 1 saturated heterocycles. The number of benzene rings is 2. The van der Waals surface area contributed by atoms with Gasteiger partial charge in [-0.15, -0.1) is 0 Å². The minimum atomic E-state index is 0.0640. The fourth-order valence-corrected chi connectivity index (χ4v) is 3.85. The van der Waals surface area contributed by atoms with E-state index < -0.39 is 0 Å². The largest absolute Gasteiger partial charge is 0.338 e. The summed E-state index contributed by atoms with van der Waals surface area (Å²) in [6.45, 7) is 2.79. The van der Waals surface area contributed by atoms with Gasteiger partial charge in [0.05, 0.1) is 0 Å². The topological polar surface area (TPSA) is 41.4 Å². The molecule has 0 spiro atoms. The number of carbonyl (C=O) groups is 1. The van der Waals surface area contributed by atoms with Gasteiger partial charge in [0.25, 0.3) is 5.91 Å². The van der Waals surface area contributed by atoms with Crippen LogP contribution < -0.4 is 4.90 Å². The van der Waals surface area contributed by atoms with Crippen LogP contribution in [0.3, 0.4) is 0 Å². The fourth-order valence-electron chi connectivity index (χ4n) is 3.27. The minimum Gasteiger partial charge on any atom is -0.338 e. The molecule has 1 aliphatic heterocycles. The Hall–Kier alpha value is -2.31. The Morgan fingerprint density at radius 1 is 1.04 bits per heavy atom. The molecule has 1 aromatic heterocycles. The molecule has 0 unspecified atom stereocenters. The van der Waals surface area contributed by atoms with E-state index >= 15 is 0 Å². The zero-order valence-corrected chi connectivity index (χ0v) is 16.9. The smallest absolute Gasteiger partial charge is 0.254 e. The lowest BCUT2D eigenvalue weighted by Crippen LogP contribution is -2.49. The van der Waals surface area contributed by atoms with E-state index in [1.165, 1.54) is 0 Å². The van der Waals surface area contributed by atoms with Gasteiger partial charge in [-0.1, -0.05) is 39.7 Å². The normalized spacial score (nSPS) is 14.4. The predicted molar refractivity (Wildman–Crippen MR) is 111 cm³/mol. The van der Waals surface area contributed by atoms with Crippen molar-refractivity contribution < 1.29 is 4.79 Å². The molecule has 1 aliphatic rings. The third-order valence-corrected chi connectivity index (χ3v) is 5.36. The molecule has 0 bridgehead atoms. The molecule has 2 aromatic carbocycles. The van der Waals surface area contributed by atoms with Crippen LogP contribution in [0.25, 0.3) is 5.69 Å². The van der Waals surface area contributed by atoms with Crippen molar-refractivity contribution in [2.24, 2.45) is 0 Å². The van der Waals surface area contributed by atoms with E-state index in [9.17, 15) is 4.79 Å². The van der Waals surface area contributed by atoms with Gasteiger partial charge < -0.3 is 9.80 Å². The summed E-state index contributed by atoms with van der Waals surface area (Å²) >= 11 is 9.55. The van der Waals surface area contributed by atoms with E-state index in [4.69, 9.17) is 11.6 Å². The number of anilines is 1. The molecule has 3 aromatic rings. The summed E-state index contributed by atoms with van der Waals surface area (Å²) in [6.07, 6.45) is 3.72. The number of carbonyl (C=O) groups excluding carboxylic acids is 1. The molecule has 27 heavy (non-hydrogen) atoms. The van der Waals surface area contributed by atoms with Crippen molar-refractivity contribution >= 4 is 39.4 Å². The molecule has 138 valence electrons. The Morgan fingerprint density at radius 2 is 1.81 bits per heavy atom. The lowest BCUT2D eigenvalue weighted by Gasteiger charge is -2.35. The number of amides is 1. The first kappa shape index (κ1) is 18.1. The van der Waals surface area contributed by atoms with E-state index in [2.05, 4.69) is 25.8 Å². The fraction of sp³-hybridized carbons (Fsp3) is 0.200. The standard InChI is InChI=1S/C20H18BrClN4O/c21-16-4-1-3-15(13-16)19(27)24-9-11-25(12-10-24)20-23-7-8-26(20)18-6-2-5-17(22)14-18/h1-8,13-14H,9-12H2. The van der Waals surface area contributed by atoms with Crippen LogP contribution in [-0.4, -0.2) is 46.5 Å². The number of halogens is 2. The van der Waals surface area contributed by atoms with Crippen LogP contribution in [0.2, 0.25) is 5.02 Å². The van der Waals surface area contributed by atoms with Gasteiger partial charge in [-0.3, -0.25) is 9.36 Å². The van der Waals surface area contributed by atoms with Gasteiger partial charge in [-0.25, -0.2) is 4.98 Å². The van der Waals surface area contributed by atoms with Crippen LogP contribution >= 0.6 is 27.5 Å². The maximum absolute atomic E-state index is 12.7. The summed E-state index contributed by atoms with van der Waals surface area (Å²) < 4.78 is 2.94. The van der Waals surface area contributed by atoms with Gasteiger partial charge in [-0.2, -0.15) is 0 Å². The van der Waals surface area contributed by atoms with Crippen molar-refractivity contribution in [2.45, 2.75) is 0 Å². The van der Waals surface area contributed by atoms with Crippen molar-refractivity contribution in [3.05, 3.63) is 76.0 Å². The lowest BCUT2D eigenvalue weighted by molar-refractivity contribution is 0.0746. The summed E-state index contributed by atoms with van der Waals surface area (Å²) in [7, 11) is 0. The molecule has 0 aliphatic carbocycles. The Balaban J connectivity index is 1.47. The van der Waals surface area contributed by atoms with Crippen LogP contribution in [0.5, 0.6) is 0 Å². The summed E-state index contributed by atoms with van der Waals surface area (Å²) in [4.78, 5) is 21.3. The molecule has 0 atom stereocenters. The second kappa shape index (κ2) is 7.74. The maximum atomic E-state index is 12.7. The highest BCUT2D eigenvalue weighted by molar-refractivity contribution is 9.10. The molecule has 1 fully saturated rings. The zero-order chi connectivity index (χ0) is 18.8. The van der Waals surface area contributed by atoms with Crippen LogP contribution in [-0.2, 0) is 0 Å². The molecule has 5 nitrogen and oxygen atoms in total. The van der Waals surface area contributed by atoms with Crippen LogP contribution in [0, 0.1) is 0 Å². The number of aromatic nitrogens is 2. The summed E-state index contributed by atoms with van der Waals surface area (Å²) in [5.74, 6) is 0.931. The summed E-state index contributed by atoms with van der Waals surface area (Å²) in [5, 5.41) is 0.691. The third kappa shape index (κ3) is 3.87. The first-order valence-corrected chi connectivity index (χ1v) is 9.88. The quantitative estimate of drug-likeness (QED) is 0.605. The Labute approximate surface area is 171 Å². The molecule has 1 amide bonds. The monoisotopic (exact) mass is 444 g/mol. The Morgan fingerprint density at radius 3 is 2.56 bits per heavy atom. The lowest BCUT2D eigenvalue weighted by atomic mass is 10.2. The zero-order valence-electron chi connectivity index (χ0n) is 14.6. The van der Waals surface area contributed by atoms with Crippen molar-refractivity contribution in [1.82, 2.24) is 14.5 Å². The maximum Gasteiger partial charge on any atom is 0.254 e. The second-order valence-corrected chi connectivity index (χ2v) is 7.72. The number of piperazine rings is 1. The highest BCUT2D eigenvalue weighted by Crippen LogP contribution is 2.22. The third-order valence-electron chi connectivity index (χ3n) is 4.63. The predicted octanol–water partition coefficient (Wildman–Crippen LogP) is 4.25. The van der Waals surface area contributed by atoms with E-state index in [0.717, 1.165) is 29.2 Å². The van der Waals surface area contributed by atoms with Gasteiger partial charge in [0.2, 0.25) is 5.95 Å². The van der Waals surface area contributed by atoms with Gasteiger partial charge in [0.1, 0.15) is 0 Å².